The second-order valence-corrected chi connectivity index (χ2v) is 4.75. The van der Waals surface area contributed by atoms with Gasteiger partial charge in [-0.05, 0) is 23.3 Å². The van der Waals surface area contributed by atoms with Crippen LogP contribution in [0.4, 0.5) is 0 Å². The number of nitrogens with two attached hydrogens (primary N) is 1. The molecule has 0 saturated carbocycles. The van der Waals surface area contributed by atoms with Gasteiger partial charge in [0, 0.05) is 13.5 Å². The van der Waals surface area contributed by atoms with Crippen LogP contribution in [-0.4, -0.2) is 13.0 Å². The van der Waals surface area contributed by atoms with Gasteiger partial charge in [0.15, 0.2) is 5.60 Å². The maximum absolute atomic E-state index is 12.0. The summed E-state index contributed by atoms with van der Waals surface area (Å²) in [5.41, 5.74) is 6.47. The van der Waals surface area contributed by atoms with Crippen molar-refractivity contribution in [3.8, 4) is 6.07 Å². The Morgan fingerprint density at radius 2 is 1.81 bits per heavy atom. The number of carbonyl (C=O) groups is 1. The zero-order valence-corrected chi connectivity index (χ0v) is 11.7. The minimum atomic E-state index is -1.24. The number of primary amides is 1. The van der Waals surface area contributed by atoms with Crippen LogP contribution in [0.2, 0.25) is 0 Å². The van der Waals surface area contributed by atoms with E-state index in [-0.39, 0.29) is 0 Å². The zero-order valence-electron chi connectivity index (χ0n) is 11.7. The Kier molecular flexibility index (Phi) is 4.36. The van der Waals surface area contributed by atoms with E-state index in [0.717, 1.165) is 5.56 Å². The standard InChI is InChI=1S/C17H16N2O2/c1-21-17(16(19)20,11-13-5-3-2-4-6-13)15-9-7-14(12-18)8-10-15/h2-10H,11H2,1H3,(H2,19,20). The molecule has 1 atom stereocenters. The third-order valence-corrected chi connectivity index (χ3v) is 3.52. The molecule has 0 spiro atoms. The second-order valence-electron chi connectivity index (χ2n) is 4.75. The van der Waals surface area contributed by atoms with E-state index >= 15 is 0 Å². The van der Waals surface area contributed by atoms with Gasteiger partial charge in [0.05, 0.1) is 11.6 Å². The molecule has 1 amide bonds. The molecule has 4 heteroatoms. The van der Waals surface area contributed by atoms with Gasteiger partial charge < -0.3 is 10.5 Å². The van der Waals surface area contributed by atoms with E-state index in [4.69, 9.17) is 15.7 Å². The Labute approximate surface area is 123 Å². The number of rotatable bonds is 5. The summed E-state index contributed by atoms with van der Waals surface area (Å²) in [4.78, 5) is 12.0. The van der Waals surface area contributed by atoms with Crippen LogP contribution in [0.25, 0.3) is 0 Å². The number of hydrogen-bond donors (Lipinski definition) is 1. The van der Waals surface area contributed by atoms with Crippen LogP contribution in [0.5, 0.6) is 0 Å². The van der Waals surface area contributed by atoms with Gasteiger partial charge in [-0.1, -0.05) is 42.5 Å². The molecule has 106 valence electrons. The van der Waals surface area contributed by atoms with Gasteiger partial charge in [0.2, 0.25) is 0 Å². The second kappa shape index (κ2) is 6.21. The number of carbonyl (C=O) groups excluding carboxylic acids is 1. The highest BCUT2D eigenvalue weighted by Crippen LogP contribution is 2.29. The number of nitriles is 1. The molecule has 2 aromatic rings. The largest absolute Gasteiger partial charge is 0.367 e. The van der Waals surface area contributed by atoms with E-state index in [1.807, 2.05) is 36.4 Å². The molecule has 0 bridgehead atoms. The van der Waals surface area contributed by atoms with Gasteiger partial charge in [-0.25, -0.2) is 0 Å². The molecule has 0 aliphatic rings. The molecule has 0 saturated heterocycles. The summed E-state index contributed by atoms with van der Waals surface area (Å²) in [6.45, 7) is 0. The normalized spacial score (nSPS) is 13.1. The third kappa shape index (κ3) is 2.93. The van der Waals surface area contributed by atoms with E-state index in [9.17, 15) is 4.79 Å². The quantitative estimate of drug-likeness (QED) is 0.911. The van der Waals surface area contributed by atoms with E-state index in [0.29, 0.717) is 17.5 Å². The zero-order chi connectivity index (χ0) is 15.3. The average Bonchev–Trinajstić information content (AvgIpc) is 2.53. The van der Waals surface area contributed by atoms with Gasteiger partial charge in [-0.15, -0.1) is 0 Å². The molecule has 0 aromatic heterocycles. The Morgan fingerprint density at radius 1 is 1.19 bits per heavy atom. The van der Waals surface area contributed by atoms with Gasteiger partial charge in [0.1, 0.15) is 0 Å². The van der Waals surface area contributed by atoms with Gasteiger partial charge >= 0.3 is 0 Å². The lowest BCUT2D eigenvalue weighted by Crippen LogP contribution is -2.44. The monoisotopic (exact) mass is 280 g/mol. The first-order chi connectivity index (χ1) is 10.1. The molecule has 2 aromatic carbocycles. The maximum atomic E-state index is 12.0. The first kappa shape index (κ1) is 14.8. The van der Waals surface area contributed by atoms with E-state index < -0.39 is 11.5 Å². The number of methoxy groups -OCH3 is 1. The molecule has 21 heavy (non-hydrogen) atoms. The lowest BCUT2D eigenvalue weighted by Gasteiger charge is -2.30. The molecule has 1 unspecified atom stereocenters. The van der Waals surface area contributed by atoms with Crippen molar-refractivity contribution in [1.82, 2.24) is 0 Å². The fraction of sp³-hybridized carbons (Fsp3) is 0.176. The van der Waals surface area contributed by atoms with Crippen molar-refractivity contribution in [3.05, 3.63) is 71.3 Å². The summed E-state index contributed by atoms with van der Waals surface area (Å²) in [7, 11) is 1.46. The predicted molar refractivity (Wildman–Crippen MR) is 79.2 cm³/mol. The van der Waals surface area contributed by atoms with Gasteiger partial charge in [-0.2, -0.15) is 5.26 Å². The predicted octanol–water partition coefficient (Wildman–Crippen LogP) is 2.13. The Hall–Kier alpha value is -2.64. The van der Waals surface area contributed by atoms with Crippen molar-refractivity contribution in [2.45, 2.75) is 12.0 Å². The fourth-order valence-electron chi connectivity index (χ4n) is 2.32. The van der Waals surface area contributed by atoms with Crippen molar-refractivity contribution in [2.75, 3.05) is 7.11 Å². The van der Waals surface area contributed by atoms with Crippen molar-refractivity contribution in [1.29, 1.82) is 5.26 Å². The van der Waals surface area contributed by atoms with Crippen LogP contribution in [0.1, 0.15) is 16.7 Å². The fourth-order valence-corrected chi connectivity index (χ4v) is 2.32. The molecular formula is C17H16N2O2. The number of ether oxygens (including phenoxy) is 1. The van der Waals surface area contributed by atoms with Crippen LogP contribution in [0.3, 0.4) is 0 Å². The summed E-state index contributed by atoms with van der Waals surface area (Å²) in [6, 6.07) is 18.3. The topological polar surface area (TPSA) is 76.1 Å². The van der Waals surface area contributed by atoms with Crippen molar-refractivity contribution in [3.63, 3.8) is 0 Å². The average molecular weight is 280 g/mol. The van der Waals surface area contributed by atoms with Crippen LogP contribution < -0.4 is 5.73 Å². The molecule has 0 aliphatic heterocycles. The minimum Gasteiger partial charge on any atom is -0.367 e. The summed E-state index contributed by atoms with van der Waals surface area (Å²) in [6.07, 6.45) is 0.339. The van der Waals surface area contributed by atoms with Crippen molar-refractivity contribution >= 4 is 5.91 Å². The molecule has 2 N–H and O–H groups in total. The molecule has 2 rings (SSSR count). The van der Waals surface area contributed by atoms with Crippen LogP contribution in [0, 0.1) is 11.3 Å². The first-order valence-corrected chi connectivity index (χ1v) is 6.52. The highest BCUT2D eigenvalue weighted by molar-refractivity contribution is 5.85. The van der Waals surface area contributed by atoms with Crippen LogP contribution >= 0.6 is 0 Å². The van der Waals surface area contributed by atoms with Crippen molar-refractivity contribution in [2.24, 2.45) is 5.73 Å². The van der Waals surface area contributed by atoms with E-state index in [2.05, 4.69) is 0 Å². The van der Waals surface area contributed by atoms with E-state index in [1.54, 1.807) is 24.3 Å². The van der Waals surface area contributed by atoms with Gasteiger partial charge in [-0.3, -0.25) is 4.79 Å². The highest BCUT2D eigenvalue weighted by atomic mass is 16.5. The Morgan fingerprint density at radius 3 is 2.29 bits per heavy atom. The van der Waals surface area contributed by atoms with E-state index in [1.165, 1.54) is 7.11 Å². The summed E-state index contributed by atoms with van der Waals surface area (Å²) in [5.74, 6) is -0.557. The number of amides is 1. The Balaban J connectivity index is 2.45. The number of benzene rings is 2. The lowest BCUT2D eigenvalue weighted by molar-refractivity contribution is -0.141. The van der Waals surface area contributed by atoms with Crippen LogP contribution in [0.15, 0.2) is 54.6 Å². The lowest BCUT2D eigenvalue weighted by atomic mass is 9.86. The summed E-state index contributed by atoms with van der Waals surface area (Å²) < 4.78 is 5.51. The van der Waals surface area contributed by atoms with Crippen LogP contribution in [-0.2, 0) is 21.6 Å². The summed E-state index contributed by atoms with van der Waals surface area (Å²) in [5, 5.41) is 8.86. The number of hydrogen-bond acceptors (Lipinski definition) is 3. The molecular weight excluding hydrogens is 264 g/mol. The SMILES string of the molecule is COC(Cc1ccccc1)(C(N)=O)c1ccc(C#N)cc1. The first-order valence-electron chi connectivity index (χ1n) is 6.52. The van der Waals surface area contributed by atoms with Crippen molar-refractivity contribution < 1.29 is 9.53 Å². The molecule has 0 radical (unpaired) electrons. The number of nitrogens with zero attached hydrogens (tertiary/aromatic N) is 1. The molecule has 0 heterocycles. The highest BCUT2D eigenvalue weighted by Gasteiger charge is 2.38. The smallest absolute Gasteiger partial charge is 0.254 e. The minimum absolute atomic E-state index is 0.339. The Bertz CT molecular complexity index is 659. The van der Waals surface area contributed by atoms with Gasteiger partial charge in [0.25, 0.3) is 5.91 Å². The molecule has 4 nitrogen and oxygen atoms in total. The molecule has 0 fully saturated rings. The summed E-state index contributed by atoms with van der Waals surface area (Å²) >= 11 is 0. The third-order valence-electron chi connectivity index (χ3n) is 3.52. The maximum Gasteiger partial charge on any atom is 0.254 e. The molecule has 0 aliphatic carbocycles.